The molecular formula is C22H28N4O2. The first kappa shape index (κ1) is 19.9. The number of nitrogens with one attached hydrogen (secondary N) is 2. The number of hydrogen-bond donors (Lipinski definition) is 2. The molecule has 1 aliphatic heterocycles. The molecule has 1 saturated heterocycles. The minimum atomic E-state index is 0.212. The van der Waals surface area contributed by atoms with Crippen molar-refractivity contribution in [1.29, 1.82) is 0 Å². The Balaban J connectivity index is 1.52. The quantitative estimate of drug-likeness (QED) is 0.573. The lowest BCUT2D eigenvalue weighted by molar-refractivity contribution is -0.117. The fraction of sp³-hybridized carbons (Fsp3) is 0.364. The Bertz CT molecular complexity index is 818. The molecule has 0 atom stereocenters. The van der Waals surface area contributed by atoms with Crippen LogP contribution in [0.4, 0.5) is 5.69 Å². The van der Waals surface area contributed by atoms with Crippen LogP contribution in [0.1, 0.15) is 29.5 Å². The average molecular weight is 380 g/mol. The summed E-state index contributed by atoms with van der Waals surface area (Å²) >= 11 is 0. The Hall–Kier alpha value is -2.86. The lowest BCUT2D eigenvalue weighted by Crippen LogP contribution is -2.36. The molecule has 3 rings (SSSR count). The van der Waals surface area contributed by atoms with Gasteiger partial charge < -0.3 is 20.3 Å². The number of benzene rings is 2. The zero-order valence-electron chi connectivity index (χ0n) is 16.6. The van der Waals surface area contributed by atoms with Crippen LogP contribution in [0.2, 0.25) is 0 Å². The van der Waals surface area contributed by atoms with E-state index in [0.717, 1.165) is 30.2 Å². The molecule has 0 aliphatic carbocycles. The Morgan fingerprint density at radius 3 is 2.43 bits per heavy atom. The molecule has 0 unspecified atom stereocenters. The van der Waals surface area contributed by atoms with Crippen LogP contribution < -0.4 is 15.5 Å². The van der Waals surface area contributed by atoms with Crippen LogP contribution in [-0.2, 0) is 29.2 Å². The number of ether oxygens (including phenoxy) is 1. The van der Waals surface area contributed by atoms with E-state index in [1.165, 1.54) is 11.1 Å². The van der Waals surface area contributed by atoms with E-state index in [0.29, 0.717) is 26.1 Å². The molecule has 1 amide bonds. The van der Waals surface area contributed by atoms with Crippen molar-refractivity contribution in [1.82, 2.24) is 10.6 Å². The van der Waals surface area contributed by atoms with Crippen LogP contribution in [0.5, 0.6) is 0 Å². The zero-order chi connectivity index (χ0) is 19.8. The molecule has 1 fully saturated rings. The summed E-state index contributed by atoms with van der Waals surface area (Å²) in [6.45, 7) is 2.75. The van der Waals surface area contributed by atoms with Crippen LogP contribution in [0.15, 0.2) is 53.5 Å². The minimum absolute atomic E-state index is 0.212. The van der Waals surface area contributed by atoms with Crippen molar-refractivity contribution in [3.8, 4) is 0 Å². The van der Waals surface area contributed by atoms with Crippen molar-refractivity contribution < 1.29 is 9.53 Å². The van der Waals surface area contributed by atoms with Crippen molar-refractivity contribution in [2.45, 2.75) is 32.5 Å². The number of methoxy groups -OCH3 is 1. The minimum Gasteiger partial charge on any atom is -0.380 e. The van der Waals surface area contributed by atoms with Crippen molar-refractivity contribution in [2.75, 3.05) is 25.6 Å². The molecule has 2 N–H and O–H groups in total. The molecule has 2 aromatic rings. The lowest BCUT2D eigenvalue weighted by atomic mass is 10.1. The van der Waals surface area contributed by atoms with E-state index in [-0.39, 0.29) is 5.91 Å². The number of hydrogen-bond acceptors (Lipinski definition) is 3. The monoisotopic (exact) mass is 380 g/mol. The second kappa shape index (κ2) is 9.90. The number of aliphatic imine (C=N–C) groups is 1. The highest BCUT2D eigenvalue weighted by molar-refractivity contribution is 5.95. The molecule has 6 nitrogen and oxygen atoms in total. The summed E-state index contributed by atoms with van der Waals surface area (Å²) in [7, 11) is 3.47. The normalized spacial score (nSPS) is 14.4. The van der Waals surface area contributed by atoms with Crippen LogP contribution in [0, 0.1) is 0 Å². The molecular weight excluding hydrogens is 352 g/mol. The molecule has 2 aromatic carbocycles. The molecule has 148 valence electrons. The molecule has 0 aromatic heterocycles. The Morgan fingerprint density at radius 2 is 1.79 bits per heavy atom. The van der Waals surface area contributed by atoms with Gasteiger partial charge in [0.25, 0.3) is 0 Å². The summed E-state index contributed by atoms with van der Waals surface area (Å²) in [5.41, 5.74) is 4.47. The van der Waals surface area contributed by atoms with Gasteiger partial charge in [0.05, 0.1) is 6.61 Å². The lowest BCUT2D eigenvalue weighted by Gasteiger charge is -2.17. The molecule has 28 heavy (non-hydrogen) atoms. The van der Waals surface area contributed by atoms with Crippen molar-refractivity contribution >= 4 is 17.6 Å². The van der Waals surface area contributed by atoms with Gasteiger partial charge in [0.15, 0.2) is 5.96 Å². The number of carbonyl (C=O) groups excluding carboxylic acids is 1. The highest BCUT2D eigenvalue weighted by Crippen LogP contribution is 2.21. The van der Waals surface area contributed by atoms with E-state index in [9.17, 15) is 4.79 Å². The van der Waals surface area contributed by atoms with Gasteiger partial charge >= 0.3 is 0 Å². The van der Waals surface area contributed by atoms with Gasteiger partial charge in [-0.15, -0.1) is 0 Å². The third-order valence-electron chi connectivity index (χ3n) is 4.87. The maximum absolute atomic E-state index is 11.8. The number of nitrogens with zero attached hydrogens (tertiary/aromatic N) is 2. The van der Waals surface area contributed by atoms with Crippen molar-refractivity contribution in [3.63, 3.8) is 0 Å². The number of carbonyl (C=O) groups is 1. The third kappa shape index (κ3) is 5.10. The number of anilines is 1. The van der Waals surface area contributed by atoms with Crippen LogP contribution in [-0.4, -0.2) is 32.6 Å². The largest absolute Gasteiger partial charge is 0.380 e. The van der Waals surface area contributed by atoms with Crippen LogP contribution in [0.25, 0.3) is 0 Å². The van der Waals surface area contributed by atoms with Gasteiger partial charge in [-0.2, -0.15) is 0 Å². The fourth-order valence-electron chi connectivity index (χ4n) is 3.33. The topological polar surface area (TPSA) is 66.0 Å². The summed E-state index contributed by atoms with van der Waals surface area (Å²) < 4.78 is 5.26. The van der Waals surface area contributed by atoms with E-state index in [1.807, 2.05) is 29.2 Å². The summed E-state index contributed by atoms with van der Waals surface area (Å²) in [5.74, 6) is 0.954. The highest BCUT2D eigenvalue weighted by atomic mass is 16.5. The number of amides is 1. The molecule has 0 radical (unpaired) electrons. The zero-order valence-corrected chi connectivity index (χ0v) is 16.6. The number of guanidine groups is 1. The third-order valence-corrected chi connectivity index (χ3v) is 4.87. The molecule has 1 aliphatic rings. The second-order valence-electron chi connectivity index (χ2n) is 6.80. The molecule has 0 spiro atoms. The molecule has 1 heterocycles. The van der Waals surface area contributed by atoms with Gasteiger partial charge in [0.1, 0.15) is 0 Å². The molecule has 0 bridgehead atoms. The highest BCUT2D eigenvalue weighted by Gasteiger charge is 2.21. The summed E-state index contributed by atoms with van der Waals surface area (Å²) in [5, 5.41) is 6.68. The smallest absolute Gasteiger partial charge is 0.227 e. The van der Waals surface area contributed by atoms with Gasteiger partial charge in [0.2, 0.25) is 5.91 Å². The summed E-state index contributed by atoms with van der Waals surface area (Å²) in [4.78, 5) is 18.0. The average Bonchev–Trinajstić information content (AvgIpc) is 3.16. The number of rotatable bonds is 7. The standard InChI is InChI=1S/C22H28N4O2/c1-23-22(25-15-18-6-3-4-7-19(18)16-28-2)24-14-17-9-11-20(12-10-17)26-13-5-8-21(26)27/h3-4,6-7,9-12H,5,8,13-16H2,1-2H3,(H2,23,24,25). The van der Waals surface area contributed by atoms with Gasteiger partial charge in [-0.25, -0.2) is 0 Å². The predicted octanol–water partition coefficient (Wildman–Crippen LogP) is 2.83. The van der Waals surface area contributed by atoms with Gasteiger partial charge in [0, 0.05) is 45.9 Å². The first-order valence-electron chi connectivity index (χ1n) is 9.61. The van der Waals surface area contributed by atoms with Gasteiger partial charge in [-0.3, -0.25) is 9.79 Å². The van der Waals surface area contributed by atoms with Crippen molar-refractivity contribution in [3.05, 3.63) is 65.2 Å². The maximum atomic E-state index is 11.8. The molecule has 0 saturated carbocycles. The second-order valence-corrected chi connectivity index (χ2v) is 6.80. The van der Waals surface area contributed by atoms with Crippen LogP contribution >= 0.6 is 0 Å². The summed E-state index contributed by atoms with van der Waals surface area (Å²) in [6, 6.07) is 16.3. The van der Waals surface area contributed by atoms with Gasteiger partial charge in [-0.05, 0) is 35.2 Å². The maximum Gasteiger partial charge on any atom is 0.227 e. The van der Waals surface area contributed by atoms with E-state index in [2.05, 4.69) is 39.9 Å². The van der Waals surface area contributed by atoms with E-state index in [4.69, 9.17) is 4.74 Å². The van der Waals surface area contributed by atoms with E-state index >= 15 is 0 Å². The predicted molar refractivity (Wildman–Crippen MR) is 112 cm³/mol. The SMILES string of the molecule is CN=C(NCc1ccc(N2CCCC2=O)cc1)NCc1ccccc1COC. The Labute approximate surface area is 166 Å². The molecule has 6 heteroatoms. The van der Waals surface area contributed by atoms with E-state index in [1.54, 1.807) is 14.2 Å². The first-order chi connectivity index (χ1) is 13.7. The van der Waals surface area contributed by atoms with Crippen molar-refractivity contribution in [2.24, 2.45) is 4.99 Å². The Kier molecular flexibility index (Phi) is 7.03. The first-order valence-corrected chi connectivity index (χ1v) is 9.61. The fourth-order valence-corrected chi connectivity index (χ4v) is 3.33. The van der Waals surface area contributed by atoms with Gasteiger partial charge in [-0.1, -0.05) is 36.4 Å². The summed E-state index contributed by atoms with van der Waals surface area (Å²) in [6.07, 6.45) is 1.59. The Morgan fingerprint density at radius 1 is 1.07 bits per heavy atom. The van der Waals surface area contributed by atoms with Crippen LogP contribution in [0.3, 0.4) is 0 Å². The van der Waals surface area contributed by atoms with E-state index < -0.39 is 0 Å².